The van der Waals surface area contributed by atoms with E-state index in [0.29, 0.717) is 17.7 Å². The van der Waals surface area contributed by atoms with E-state index in [1.165, 1.54) is 18.2 Å². The fourth-order valence-electron chi connectivity index (χ4n) is 3.89. The molecule has 0 aromatic heterocycles. The Balaban J connectivity index is 1.64. The Morgan fingerprint density at radius 1 is 0.676 bits per heavy atom. The molecule has 192 valence electrons. The number of phenols is 1. The molecule has 0 saturated carbocycles. The summed E-state index contributed by atoms with van der Waals surface area (Å²) in [7, 11) is 0. The highest BCUT2D eigenvalue weighted by Crippen LogP contribution is 2.39. The molecule has 1 N–H and O–H groups in total. The van der Waals surface area contributed by atoms with Gasteiger partial charge in [-0.05, 0) is 46.9 Å². The monoisotopic (exact) mass is 520 g/mol. The van der Waals surface area contributed by atoms with Gasteiger partial charge < -0.3 is 9.84 Å². The van der Waals surface area contributed by atoms with Crippen LogP contribution in [0.4, 0.5) is 30.7 Å². The molecular weight excluding hydrogens is 501 g/mol. The first kappa shape index (κ1) is 26.1. The van der Waals surface area contributed by atoms with Crippen molar-refractivity contribution in [3.63, 3.8) is 0 Å². The van der Waals surface area contributed by atoms with E-state index in [1.54, 1.807) is 0 Å². The third kappa shape index (κ3) is 5.40. The number of benzene rings is 4. The topological polar surface area (TPSA) is 29.5 Å². The number of ether oxygens (including phenoxy) is 1. The van der Waals surface area contributed by atoms with Gasteiger partial charge in [0.05, 0.1) is 0 Å². The molecule has 0 saturated heterocycles. The summed E-state index contributed by atoms with van der Waals surface area (Å²) in [6.07, 6.45) is -2.83. The van der Waals surface area contributed by atoms with Crippen molar-refractivity contribution in [2.75, 3.05) is 0 Å². The number of hydrogen-bond acceptors (Lipinski definition) is 2. The summed E-state index contributed by atoms with van der Waals surface area (Å²) in [5, 5.41) is 9.06. The van der Waals surface area contributed by atoms with Gasteiger partial charge in [0.15, 0.2) is 17.4 Å². The molecule has 4 rings (SSSR count). The molecule has 0 spiro atoms. The lowest BCUT2D eigenvalue weighted by Gasteiger charge is -2.20. The van der Waals surface area contributed by atoms with Crippen LogP contribution < -0.4 is 4.74 Å². The van der Waals surface area contributed by atoms with Crippen LogP contribution in [0.2, 0.25) is 0 Å². The normalized spacial score (nSPS) is 11.6. The van der Waals surface area contributed by atoms with E-state index in [0.717, 1.165) is 24.0 Å². The van der Waals surface area contributed by atoms with Gasteiger partial charge in [0, 0.05) is 17.7 Å². The fourth-order valence-corrected chi connectivity index (χ4v) is 3.89. The molecule has 4 aromatic rings. The molecule has 2 nitrogen and oxygen atoms in total. The molecule has 37 heavy (non-hydrogen) atoms. The van der Waals surface area contributed by atoms with Gasteiger partial charge in [-0.2, -0.15) is 8.78 Å². The summed E-state index contributed by atoms with van der Waals surface area (Å²) in [4.78, 5) is 0. The zero-order chi connectivity index (χ0) is 26.9. The molecule has 0 atom stereocenters. The number of hydrogen-bond donors (Lipinski definition) is 1. The maximum Gasteiger partial charge on any atom is 0.432 e. The molecule has 9 heteroatoms. The quantitative estimate of drug-likeness (QED) is 0.248. The van der Waals surface area contributed by atoms with E-state index in [1.807, 2.05) is 31.2 Å². The van der Waals surface area contributed by atoms with Crippen molar-refractivity contribution in [1.82, 2.24) is 0 Å². The Bertz CT molecular complexity index is 1400. The van der Waals surface area contributed by atoms with Gasteiger partial charge in [0.1, 0.15) is 28.8 Å². The maximum absolute atomic E-state index is 14.9. The van der Waals surface area contributed by atoms with Gasteiger partial charge in [0.25, 0.3) is 0 Å². The van der Waals surface area contributed by atoms with Crippen molar-refractivity contribution >= 4 is 0 Å². The van der Waals surface area contributed by atoms with Crippen LogP contribution in [-0.4, -0.2) is 5.11 Å². The second kappa shape index (κ2) is 10.2. The maximum atomic E-state index is 14.9. The molecule has 0 aliphatic carbocycles. The van der Waals surface area contributed by atoms with Crippen molar-refractivity contribution < 1.29 is 40.6 Å². The molecular formula is C28H19F7O2. The summed E-state index contributed by atoms with van der Waals surface area (Å²) in [5.74, 6) is -10.1. The van der Waals surface area contributed by atoms with Crippen molar-refractivity contribution in [2.45, 2.75) is 25.9 Å². The lowest BCUT2D eigenvalue weighted by Crippen LogP contribution is -2.25. The van der Waals surface area contributed by atoms with Crippen molar-refractivity contribution in [1.29, 1.82) is 0 Å². The fraction of sp³-hybridized carbons (Fsp3) is 0.143. The predicted octanol–water partition coefficient (Wildman–Crippen LogP) is 8.50. The van der Waals surface area contributed by atoms with Crippen LogP contribution in [0.3, 0.4) is 0 Å². The summed E-state index contributed by atoms with van der Waals surface area (Å²) in [5.41, 5.74) is -0.0709. The van der Waals surface area contributed by atoms with E-state index in [2.05, 4.69) is 4.74 Å². The smallest absolute Gasteiger partial charge is 0.432 e. The highest BCUT2D eigenvalue weighted by Gasteiger charge is 2.41. The molecule has 0 amide bonds. The van der Waals surface area contributed by atoms with Crippen LogP contribution in [0, 0.1) is 29.1 Å². The number of aromatic hydroxyl groups is 1. The average molecular weight is 520 g/mol. The largest absolute Gasteiger partial charge is 0.503 e. The highest BCUT2D eigenvalue weighted by molar-refractivity contribution is 5.71. The Morgan fingerprint density at radius 2 is 1.22 bits per heavy atom. The first-order valence-electron chi connectivity index (χ1n) is 11.1. The third-order valence-electron chi connectivity index (χ3n) is 5.68. The molecule has 4 aromatic carbocycles. The Morgan fingerprint density at radius 3 is 1.76 bits per heavy atom. The van der Waals surface area contributed by atoms with Gasteiger partial charge in [0.2, 0.25) is 0 Å². The second-order valence-electron chi connectivity index (χ2n) is 8.31. The SMILES string of the molecule is CCCc1ccc(-c2ccc(-c3cc(F)c(C(F)(F)Oc4cc(F)c(O)c(F)c4)c(F)c3)c(F)c2)cc1. The minimum absolute atomic E-state index is 0.227. The van der Waals surface area contributed by atoms with Gasteiger partial charge >= 0.3 is 6.11 Å². The number of halogens is 7. The van der Waals surface area contributed by atoms with E-state index in [-0.39, 0.29) is 23.3 Å². The predicted molar refractivity (Wildman–Crippen MR) is 124 cm³/mol. The van der Waals surface area contributed by atoms with Crippen molar-refractivity contribution in [3.8, 4) is 33.8 Å². The standard InChI is InChI=1S/C28H19F7O2/c1-2-3-15-4-6-16(7-5-15)17-8-9-20(21(29)10-17)18-11-22(30)26(23(31)12-18)28(34,35)37-19-13-24(32)27(36)25(33)14-19/h4-14,36H,2-3H2,1H3. The molecule has 0 radical (unpaired) electrons. The molecule has 0 bridgehead atoms. The van der Waals surface area contributed by atoms with Crippen LogP contribution in [0.15, 0.2) is 66.7 Å². The average Bonchev–Trinajstić information content (AvgIpc) is 2.82. The first-order chi connectivity index (χ1) is 17.5. The summed E-state index contributed by atoms with van der Waals surface area (Å²) >= 11 is 0. The highest BCUT2D eigenvalue weighted by atomic mass is 19.3. The zero-order valence-corrected chi connectivity index (χ0v) is 19.3. The molecule has 0 heterocycles. The molecule has 0 aliphatic rings. The minimum Gasteiger partial charge on any atom is -0.503 e. The van der Waals surface area contributed by atoms with Gasteiger partial charge in [-0.15, -0.1) is 0 Å². The van der Waals surface area contributed by atoms with E-state index in [4.69, 9.17) is 5.11 Å². The Kier molecular flexibility index (Phi) is 7.16. The minimum atomic E-state index is -4.70. The van der Waals surface area contributed by atoms with Crippen molar-refractivity contribution in [2.24, 2.45) is 0 Å². The second-order valence-corrected chi connectivity index (χ2v) is 8.31. The first-order valence-corrected chi connectivity index (χ1v) is 11.1. The van der Waals surface area contributed by atoms with Gasteiger partial charge in [-0.25, -0.2) is 22.0 Å². The third-order valence-corrected chi connectivity index (χ3v) is 5.68. The van der Waals surface area contributed by atoms with Gasteiger partial charge in [-0.3, -0.25) is 0 Å². The molecule has 0 fully saturated rings. The van der Waals surface area contributed by atoms with Crippen LogP contribution in [-0.2, 0) is 12.5 Å². The van der Waals surface area contributed by atoms with Crippen molar-refractivity contribution in [3.05, 3.63) is 107 Å². The van der Waals surface area contributed by atoms with Crippen LogP contribution in [0.25, 0.3) is 22.3 Å². The van der Waals surface area contributed by atoms with Crippen LogP contribution in [0.5, 0.6) is 11.5 Å². The lowest BCUT2D eigenvalue weighted by molar-refractivity contribution is -0.189. The molecule has 0 aliphatic heterocycles. The van der Waals surface area contributed by atoms with E-state index in [9.17, 15) is 30.7 Å². The summed E-state index contributed by atoms with van der Waals surface area (Å²) in [6.45, 7) is 2.05. The van der Waals surface area contributed by atoms with Crippen LogP contribution in [0.1, 0.15) is 24.5 Å². The van der Waals surface area contributed by atoms with E-state index >= 15 is 0 Å². The Labute approximate surface area is 207 Å². The Hall–Kier alpha value is -4.01. The van der Waals surface area contributed by atoms with E-state index < -0.39 is 52.3 Å². The summed E-state index contributed by atoms with van der Waals surface area (Å²) in [6, 6.07) is 12.9. The van der Waals surface area contributed by atoms with Gasteiger partial charge in [-0.1, -0.05) is 49.7 Å². The zero-order valence-electron chi connectivity index (χ0n) is 19.3. The summed E-state index contributed by atoms with van der Waals surface area (Å²) < 4.78 is 104. The van der Waals surface area contributed by atoms with Crippen LogP contribution >= 0.6 is 0 Å². The lowest BCUT2D eigenvalue weighted by atomic mass is 9.97. The number of alkyl halides is 2. The molecule has 0 unspecified atom stereocenters. The number of aryl methyl sites for hydroxylation is 1. The number of phenolic OH excluding ortho intramolecular Hbond substituents is 1. The number of rotatable bonds is 7.